The maximum Gasteiger partial charge on any atom is 0.126 e. The Hall–Kier alpha value is -0.890. The second-order valence-corrected chi connectivity index (χ2v) is 2.95. The standard InChI is InChI=1S/C11H15FO/c1-2-8-13-9-7-10-5-3-4-6-11(10)12/h3-6H,2,7-9H2,1H3. The number of halogens is 1. The first-order chi connectivity index (χ1) is 6.34. The molecule has 1 rings (SSSR count). The van der Waals surface area contributed by atoms with Gasteiger partial charge in [-0.2, -0.15) is 0 Å². The van der Waals surface area contributed by atoms with Gasteiger partial charge in [-0.05, 0) is 24.5 Å². The Morgan fingerprint density at radius 3 is 2.69 bits per heavy atom. The fourth-order valence-corrected chi connectivity index (χ4v) is 1.13. The van der Waals surface area contributed by atoms with E-state index in [0.29, 0.717) is 13.0 Å². The van der Waals surface area contributed by atoms with Crippen LogP contribution >= 0.6 is 0 Å². The Balaban J connectivity index is 2.32. The van der Waals surface area contributed by atoms with Crippen LogP contribution in [-0.4, -0.2) is 13.2 Å². The molecule has 0 bridgehead atoms. The second kappa shape index (κ2) is 5.70. The zero-order valence-corrected chi connectivity index (χ0v) is 7.92. The summed E-state index contributed by atoms with van der Waals surface area (Å²) in [6, 6.07) is 6.82. The van der Waals surface area contributed by atoms with Gasteiger partial charge in [0.1, 0.15) is 5.82 Å². The van der Waals surface area contributed by atoms with Crippen LogP contribution in [0.4, 0.5) is 4.39 Å². The van der Waals surface area contributed by atoms with Crippen molar-refractivity contribution in [3.05, 3.63) is 35.6 Å². The Bertz CT molecular complexity index is 248. The molecule has 0 aliphatic carbocycles. The summed E-state index contributed by atoms with van der Waals surface area (Å²) in [7, 11) is 0. The third-order valence-electron chi connectivity index (χ3n) is 1.82. The van der Waals surface area contributed by atoms with E-state index in [2.05, 4.69) is 6.92 Å². The van der Waals surface area contributed by atoms with Crippen molar-refractivity contribution in [2.24, 2.45) is 0 Å². The zero-order chi connectivity index (χ0) is 9.52. The van der Waals surface area contributed by atoms with E-state index < -0.39 is 0 Å². The maximum absolute atomic E-state index is 13.0. The molecule has 2 heteroatoms. The summed E-state index contributed by atoms with van der Waals surface area (Å²) in [5.41, 5.74) is 0.735. The van der Waals surface area contributed by atoms with Gasteiger partial charge in [-0.25, -0.2) is 4.39 Å². The van der Waals surface area contributed by atoms with Crippen molar-refractivity contribution >= 4 is 0 Å². The monoisotopic (exact) mass is 182 g/mol. The van der Waals surface area contributed by atoms with E-state index >= 15 is 0 Å². The summed E-state index contributed by atoms with van der Waals surface area (Å²) in [6.45, 7) is 3.42. The highest BCUT2D eigenvalue weighted by molar-refractivity contribution is 5.17. The lowest BCUT2D eigenvalue weighted by molar-refractivity contribution is 0.137. The molecule has 1 aromatic carbocycles. The Morgan fingerprint density at radius 1 is 1.23 bits per heavy atom. The van der Waals surface area contributed by atoms with E-state index in [1.54, 1.807) is 12.1 Å². The molecule has 0 aromatic heterocycles. The summed E-state index contributed by atoms with van der Waals surface area (Å²) < 4.78 is 18.3. The lowest BCUT2D eigenvalue weighted by atomic mass is 10.1. The number of hydrogen-bond acceptors (Lipinski definition) is 1. The van der Waals surface area contributed by atoms with Gasteiger partial charge in [0.25, 0.3) is 0 Å². The summed E-state index contributed by atoms with van der Waals surface area (Å²) in [5.74, 6) is -0.136. The van der Waals surface area contributed by atoms with E-state index in [0.717, 1.165) is 18.6 Å². The lowest BCUT2D eigenvalue weighted by Crippen LogP contribution is -2.00. The molecule has 1 nitrogen and oxygen atoms in total. The number of rotatable bonds is 5. The Morgan fingerprint density at radius 2 is 2.00 bits per heavy atom. The van der Waals surface area contributed by atoms with Crippen LogP contribution in [-0.2, 0) is 11.2 Å². The molecule has 0 spiro atoms. The fraction of sp³-hybridized carbons (Fsp3) is 0.455. The first-order valence-corrected chi connectivity index (χ1v) is 4.65. The van der Waals surface area contributed by atoms with Crippen LogP contribution in [0.25, 0.3) is 0 Å². The predicted molar refractivity (Wildman–Crippen MR) is 51.2 cm³/mol. The molecule has 0 heterocycles. The topological polar surface area (TPSA) is 9.23 Å². The first-order valence-electron chi connectivity index (χ1n) is 4.65. The van der Waals surface area contributed by atoms with Crippen molar-refractivity contribution in [2.45, 2.75) is 19.8 Å². The minimum absolute atomic E-state index is 0.136. The Kier molecular flexibility index (Phi) is 4.47. The highest BCUT2D eigenvalue weighted by atomic mass is 19.1. The third kappa shape index (κ3) is 3.55. The molecule has 72 valence electrons. The molecule has 0 aliphatic heterocycles. The van der Waals surface area contributed by atoms with Crippen LogP contribution < -0.4 is 0 Å². The van der Waals surface area contributed by atoms with Crippen LogP contribution in [0.15, 0.2) is 24.3 Å². The van der Waals surface area contributed by atoms with Crippen LogP contribution in [0, 0.1) is 5.82 Å². The molecular formula is C11H15FO. The fourth-order valence-electron chi connectivity index (χ4n) is 1.13. The number of benzene rings is 1. The molecule has 0 unspecified atom stereocenters. The van der Waals surface area contributed by atoms with Gasteiger partial charge in [0.05, 0.1) is 6.61 Å². The van der Waals surface area contributed by atoms with E-state index in [9.17, 15) is 4.39 Å². The lowest BCUT2D eigenvalue weighted by Gasteiger charge is -2.03. The zero-order valence-electron chi connectivity index (χ0n) is 7.92. The molecule has 0 atom stereocenters. The van der Waals surface area contributed by atoms with Gasteiger partial charge in [-0.3, -0.25) is 0 Å². The van der Waals surface area contributed by atoms with Crippen LogP contribution in [0.5, 0.6) is 0 Å². The van der Waals surface area contributed by atoms with Gasteiger partial charge in [0, 0.05) is 6.61 Å². The number of ether oxygens (including phenoxy) is 1. The summed E-state index contributed by atoms with van der Waals surface area (Å²) in [4.78, 5) is 0. The van der Waals surface area contributed by atoms with Crippen LogP contribution in [0.1, 0.15) is 18.9 Å². The van der Waals surface area contributed by atoms with E-state index in [4.69, 9.17) is 4.74 Å². The van der Waals surface area contributed by atoms with Gasteiger partial charge < -0.3 is 4.74 Å². The average Bonchev–Trinajstić information content (AvgIpc) is 2.15. The quantitative estimate of drug-likeness (QED) is 0.636. The van der Waals surface area contributed by atoms with Crippen molar-refractivity contribution in [1.82, 2.24) is 0 Å². The molecular weight excluding hydrogens is 167 g/mol. The molecule has 1 aromatic rings. The average molecular weight is 182 g/mol. The predicted octanol–water partition coefficient (Wildman–Crippen LogP) is 2.79. The van der Waals surface area contributed by atoms with Crippen LogP contribution in [0.2, 0.25) is 0 Å². The Labute approximate surface area is 78.5 Å². The highest BCUT2D eigenvalue weighted by Crippen LogP contribution is 2.06. The molecule has 0 saturated carbocycles. The SMILES string of the molecule is CCCOCCc1ccccc1F. The molecule has 0 fully saturated rings. The smallest absolute Gasteiger partial charge is 0.126 e. The van der Waals surface area contributed by atoms with Crippen molar-refractivity contribution in [3.63, 3.8) is 0 Å². The minimum atomic E-state index is -0.136. The highest BCUT2D eigenvalue weighted by Gasteiger charge is 1.99. The normalized spacial score (nSPS) is 10.3. The largest absolute Gasteiger partial charge is 0.381 e. The van der Waals surface area contributed by atoms with Crippen molar-refractivity contribution in [1.29, 1.82) is 0 Å². The molecule has 0 amide bonds. The summed E-state index contributed by atoms with van der Waals surface area (Å²) >= 11 is 0. The molecule has 0 N–H and O–H groups in total. The summed E-state index contributed by atoms with van der Waals surface area (Å²) in [5, 5.41) is 0. The van der Waals surface area contributed by atoms with E-state index in [1.807, 2.05) is 6.07 Å². The van der Waals surface area contributed by atoms with Crippen molar-refractivity contribution in [3.8, 4) is 0 Å². The van der Waals surface area contributed by atoms with Crippen LogP contribution in [0.3, 0.4) is 0 Å². The molecule has 0 radical (unpaired) electrons. The molecule has 13 heavy (non-hydrogen) atoms. The molecule has 0 aliphatic rings. The third-order valence-corrected chi connectivity index (χ3v) is 1.82. The first kappa shape index (κ1) is 10.2. The van der Waals surface area contributed by atoms with Gasteiger partial charge in [-0.1, -0.05) is 25.1 Å². The molecule has 0 saturated heterocycles. The van der Waals surface area contributed by atoms with Crippen molar-refractivity contribution < 1.29 is 9.13 Å². The van der Waals surface area contributed by atoms with Crippen molar-refractivity contribution in [2.75, 3.05) is 13.2 Å². The van der Waals surface area contributed by atoms with E-state index in [1.165, 1.54) is 6.07 Å². The summed E-state index contributed by atoms with van der Waals surface area (Å²) in [6.07, 6.45) is 1.67. The minimum Gasteiger partial charge on any atom is -0.381 e. The maximum atomic E-state index is 13.0. The van der Waals surface area contributed by atoms with Gasteiger partial charge in [0.15, 0.2) is 0 Å². The number of hydrogen-bond donors (Lipinski definition) is 0. The van der Waals surface area contributed by atoms with Gasteiger partial charge in [0.2, 0.25) is 0 Å². The second-order valence-electron chi connectivity index (χ2n) is 2.95. The van der Waals surface area contributed by atoms with E-state index in [-0.39, 0.29) is 5.82 Å². The van der Waals surface area contributed by atoms with Gasteiger partial charge in [-0.15, -0.1) is 0 Å². The van der Waals surface area contributed by atoms with Gasteiger partial charge >= 0.3 is 0 Å².